The predicted octanol–water partition coefficient (Wildman–Crippen LogP) is 2.56. The lowest BCUT2D eigenvalue weighted by molar-refractivity contribution is -0.0165. The molecule has 3 unspecified atom stereocenters. The minimum absolute atomic E-state index is 0. The number of hydrogen-bond acceptors (Lipinski definition) is 5. The summed E-state index contributed by atoms with van der Waals surface area (Å²) in [6.07, 6.45) is 1.08. The van der Waals surface area contributed by atoms with Gasteiger partial charge in [0.2, 0.25) is 0 Å². The predicted molar refractivity (Wildman–Crippen MR) is 135 cm³/mol. The Kier molecular flexibility index (Phi) is 10.5. The van der Waals surface area contributed by atoms with E-state index >= 15 is 0 Å². The van der Waals surface area contributed by atoms with Crippen molar-refractivity contribution in [2.24, 2.45) is 4.99 Å². The third-order valence-electron chi connectivity index (χ3n) is 5.80. The topological polar surface area (TPSA) is 61.4 Å². The molecule has 2 N–H and O–H groups in total. The average Bonchev–Trinajstić information content (AvgIpc) is 3.20. The molecule has 30 heavy (non-hydrogen) atoms. The molecule has 1 aromatic rings. The number of para-hydroxylation sites is 2. The monoisotopic (exact) mass is 531 g/mol. The van der Waals surface area contributed by atoms with Crippen LogP contribution in [0.25, 0.3) is 0 Å². The number of rotatable bonds is 7. The molecule has 2 aliphatic heterocycles. The number of morpholine rings is 1. The zero-order chi connectivity index (χ0) is 20.6. The van der Waals surface area contributed by atoms with Gasteiger partial charge in [-0.2, -0.15) is 0 Å². The molecule has 0 spiro atoms. The van der Waals surface area contributed by atoms with Gasteiger partial charge in [0.05, 0.1) is 32.6 Å². The Morgan fingerprint density at radius 2 is 2.13 bits per heavy atom. The van der Waals surface area contributed by atoms with Crippen LogP contribution < -0.4 is 20.3 Å². The molecule has 1 aromatic carbocycles. The third-order valence-corrected chi connectivity index (χ3v) is 5.80. The van der Waals surface area contributed by atoms with Gasteiger partial charge in [0.15, 0.2) is 5.96 Å². The van der Waals surface area contributed by atoms with Crippen molar-refractivity contribution in [3.63, 3.8) is 0 Å². The van der Waals surface area contributed by atoms with Gasteiger partial charge in [0.1, 0.15) is 5.75 Å². The minimum Gasteiger partial charge on any atom is -0.495 e. The number of guanidine groups is 1. The van der Waals surface area contributed by atoms with Gasteiger partial charge < -0.3 is 25.0 Å². The van der Waals surface area contributed by atoms with E-state index in [-0.39, 0.29) is 24.0 Å². The van der Waals surface area contributed by atoms with E-state index in [2.05, 4.69) is 53.3 Å². The largest absolute Gasteiger partial charge is 0.495 e. The lowest BCUT2D eigenvalue weighted by Crippen LogP contribution is -2.50. The first-order valence-corrected chi connectivity index (χ1v) is 10.9. The summed E-state index contributed by atoms with van der Waals surface area (Å²) >= 11 is 0. The van der Waals surface area contributed by atoms with Gasteiger partial charge in [0.25, 0.3) is 0 Å². The van der Waals surface area contributed by atoms with Crippen LogP contribution >= 0.6 is 24.0 Å². The van der Waals surface area contributed by atoms with Crippen LogP contribution in [0.3, 0.4) is 0 Å². The fourth-order valence-electron chi connectivity index (χ4n) is 4.22. The number of nitrogens with one attached hydrogen (secondary N) is 2. The lowest BCUT2D eigenvalue weighted by atomic mass is 10.2. The van der Waals surface area contributed by atoms with Gasteiger partial charge in [-0.15, -0.1) is 24.0 Å². The van der Waals surface area contributed by atoms with Crippen LogP contribution in [0, 0.1) is 0 Å². The number of ether oxygens (including phenoxy) is 2. The lowest BCUT2D eigenvalue weighted by Gasteiger charge is -2.37. The van der Waals surface area contributed by atoms with Crippen molar-refractivity contribution in [2.75, 3.05) is 57.9 Å². The molecule has 2 aliphatic rings. The number of hydrogen-bond donors (Lipinski definition) is 2. The molecule has 0 radical (unpaired) electrons. The Morgan fingerprint density at radius 3 is 2.87 bits per heavy atom. The molecule has 2 saturated heterocycles. The van der Waals surface area contributed by atoms with Crippen LogP contribution in [0.15, 0.2) is 29.3 Å². The fraction of sp³-hybridized carbons (Fsp3) is 0.682. The molecule has 0 amide bonds. The third kappa shape index (κ3) is 6.62. The smallest absolute Gasteiger partial charge is 0.191 e. The Hall–Kier alpha value is -1.26. The molecule has 7 nitrogen and oxygen atoms in total. The summed E-state index contributed by atoms with van der Waals surface area (Å²) in [5, 5.41) is 7.05. The van der Waals surface area contributed by atoms with E-state index in [1.54, 1.807) is 7.11 Å². The van der Waals surface area contributed by atoms with E-state index in [0.29, 0.717) is 18.1 Å². The molecule has 0 saturated carbocycles. The Balaban J connectivity index is 0.00000320. The molecule has 8 heteroatoms. The second kappa shape index (κ2) is 12.6. The summed E-state index contributed by atoms with van der Waals surface area (Å²) in [6, 6.07) is 9.46. The van der Waals surface area contributed by atoms with E-state index < -0.39 is 0 Å². The summed E-state index contributed by atoms with van der Waals surface area (Å²) < 4.78 is 11.1. The first-order valence-electron chi connectivity index (χ1n) is 10.9. The van der Waals surface area contributed by atoms with Gasteiger partial charge in [0, 0.05) is 44.3 Å². The number of benzene rings is 1. The van der Waals surface area contributed by atoms with Crippen molar-refractivity contribution in [1.29, 1.82) is 0 Å². The summed E-state index contributed by atoms with van der Waals surface area (Å²) in [4.78, 5) is 9.77. The first-order chi connectivity index (χ1) is 14.1. The van der Waals surface area contributed by atoms with Crippen LogP contribution in [0.4, 0.5) is 5.69 Å². The number of anilines is 1. The van der Waals surface area contributed by atoms with Crippen LogP contribution in [-0.4, -0.2) is 82.0 Å². The number of halogens is 1. The summed E-state index contributed by atoms with van der Waals surface area (Å²) in [5.74, 6) is 1.84. The van der Waals surface area contributed by atoms with Crippen molar-refractivity contribution in [3.05, 3.63) is 24.3 Å². The van der Waals surface area contributed by atoms with Crippen molar-refractivity contribution < 1.29 is 9.47 Å². The highest BCUT2D eigenvalue weighted by Crippen LogP contribution is 2.30. The van der Waals surface area contributed by atoms with Crippen molar-refractivity contribution in [3.8, 4) is 5.75 Å². The standard InChI is InChI=1S/C22H37N5O2.HI/c1-5-23-22(24-14-17(2)27-12-13-29-16-18(27)3)25-19-10-11-26(15-19)20-8-6-7-9-21(20)28-4;/h6-9,17-19H,5,10-16H2,1-4H3,(H2,23,24,25);1H. The minimum atomic E-state index is 0. The Labute approximate surface area is 198 Å². The zero-order valence-electron chi connectivity index (χ0n) is 18.8. The quantitative estimate of drug-likeness (QED) is 0.321. The average molecular weight is 531 g/mol. The van der Waals surface area contributed by atoms with E-state index in [0.717, 1.165) is 69.8 Å². The van der Waals surface area contributed by atoms with Crippen molar-refractivity contribution in [1.82, 2.24) is 15.5 Å². The summed E-state index contributed by atoms with van der Waals surface area (Å²) in [7, 11) is 1.73. The van der Waals surface area contributed by atoms with E-state index in [9.17, 15) is 0 Å². The molecule has 0 aliphatic carbocycles. The molecule has 0 bridgehead atoms. The highest BCUT2D eigenvalue weighted by atomic mass is 127. The van der Waals surface area contributed by atoms with Crippen LogP contribution in [0.5, 0.6) is 5.75 Å². The fourth-order valence-corrected chi connectivity index (χ4v) is 4.22. The Morgan fingerprint density at radius 1 is 1.33 bits per heavy atom. The maximum absolute atomic E-state index is 5.56. The number of nitrogens with zero attached hydrogens (tertiary/aromatic N) is 3. The zero-order valence-corrected chi connectivity index (χ0v) is 21.1. The molecular formula is C22H38IN5O2. The molecule has 3 rings (SSSR count). The number of aliphatic imine (C=N–C) groups is 1. The highest BCUT2D eigenvalue weighted by molar-refractivity contribution is 14.0. The van der Waals surface area contributed by atoms with Crippen LogP contribution in [-0.2, 0) is 4.74 Å². The summed E-state index contributed by atoms with van der Waals surface area (Å²) in [5.41, 5.74) is 1.16. The molecular weight excluding hydrogens is 493 g/mol. The van der Waals surface area contributed by atoms with Gasteiger partial charge in [-0.1, -0.05) is 12.1 Å². The molecule has 170 valence electrons. The van der Waals surface area contributed by atoms with Crippen molar-refractivity contribution in [2.45, 2.75) is 45.3 Å². The second-order valence-corrected chi connectivity index (χ2v) is 7.98. The highest BCUT2D eigenvalue weighted by Gasteiger charge is 2.26. The second-order valence-electron chi connectivity index (χ2n) is 7.98. The summed E-state index contributed by atoms with van der Waals surface area (Å²) in [6.45, 7) is 12.8. The van der Waals surface area contributed by atoms with E-state index in [1.165, 1.54) is 0 Å². The molecule has 0 aromatic heterocycles. The van der Waals surface area contributed by atoms with E-state index in [1.807, 2.05) is 12.1 Å². The van der Waals surface area contributed by atoms with Gasteiger partial charge in [-0.05, 0) is 39.3 Å². The number of methoxy groups -OCH3 is 1. The maximum atomic E-state index is 5.56. The molecule has 2 heterocycles. The SMILES string of the molecule is CCNC(=NCC(C)N1CCOCC1C)NC1CCN(c2ccccc2OC)C1.I. The first kappa shape index (κ1) is 25.0. The Bertz CT molecular complexity index is 675. The van der Waals surface area contributed by atoms with Gasteiger partial charge in [-0.25, -0.2) is 0 Å². The molecule has 2 fully saturated rings. The maximum Gasteiger partial charge on any atom is 0.191 e. The molecule has 3 atom stereocenters. The van der Waals surface area contributed by atoms with Crippen LogP contribution in [0.2, 0.25) is 0 Å². The van der Waals surface area contributed by atoms with Gasteiger partial charge in [-0.3, -0.25) is 9.89 Å². The van der Waals surface area contributed by atoms with E-state index in [4.69, 9.17) is 14.5 Å². The normalized spacial score (nSPS) is 23.6. The van der Waals surface area contributed by atoms with Crippen molar-refractivity contribution >= 4 is 35.6 Å². The van der Waals surface area contributed by atoms with Gasteiger partial charge >= 0.3 is 0 Å². The van der Waals surface area contributed by atoms with Crippen LogP contribution in [0.1, 0.15) is 27.2 Å².